The first-order valence-corrected chi connectivity index (χ1v) is 47.5. The van der Waals surface area contributed by atoms with Crippen molar-refractivity contribution in [2.24, 2.45) is 34.4 Å². The number of carbonyl (C=O) groups excluding carboxylic acids is 8. The van der Waals surface area contributed by atoms with Crippen molar-refractivity contribution in [1.82, 2.24) is 94.1 Å². The van der Waals surface area contributed by atoms with Gasteiger partial charge in [-0.2, -0.15) is 0 Å². The van der Waals surface area contributed by atoms with Crippen molar-refractivity contribution in [1.29, 1.82) is 0 Å². The van der Waals surface area contributed by atoms with E-state index in [1.807, 2.05) is 56.2 Å². The number of amides is 8. The van der Waals surface area contributed by atoms with Crippen LogP contribution in [0.5, 0.6) is 0 Å². The maximum absolute atomic E-state index is 13.5. The molecule has 752 valence electrons. The molecule has 0 saturated carbocycles. The molecule has 21 N–H and O–H groups in total. The van der Waals surface area contributed by atoms with Crippen molar-refractivity contribution in [3.63, 3.8) is 0 Å². The number of anilines is 6. The Kier molecular flexibility index (Phi) is 39.5. The van der Waals surface area contributed by atoms with Gasteiger partial charge >= 0.3 is 48.7 Å². The van der Waals surface area contributed by atoms with Gasteiger partial charge in [0, 0.05) is 140 Å². The van der Waals surface area contributed by atoms with Gasteiger partial charge in [0.05, 0.1) is 40.7 Å². The van der Waals surface area contributed by atoms with Gasteiger partial charge in [0.15, 0.2) is 23.3 Å². The molecule has 0 bridgehead atoms. The largest absolute Gasteiger partial charge is 0.444 e. The zero-order valence-corrected chi connectivity index (χ0v) is 86.5. The molecule has 8 amide bonds. The third-order valence-electron chi connectivity index (χ3n) is 19.9. The minimum Gasteiger partial charge on any atom is -0.444 e. The molecule has 7 fully saturated rings. The van der Waals surface area contributed by atoms with E-state index in [9.17, 15) is 38.4 Å². The Balaban J connectivity index is 0.000000316. The lowest BCUT2D eigenvalue weighted by Gasteiger charge is -2.45. The fourth-order valence-electron chi connectivity index (χ4n) is 15.8. The number of ether oxygens (including phenoxy) is 8. The quantitative estimate of drug-likeness (QED) is 0.0792. The van der Waals surface area contributed by atoms with Gasteiger partial charge in [-0.3, -0.25) is 0 Å². The van der Waals surface area contributed by atoms with Crippen LogP contribution in [-0.2, 0) is 37.9 Å². The van der Waals surface area contributed by atoms with Crippen LogP contribution in [0.3, 0.4) is 0 Å². The summed E-state index contributed by atoms with van der Waals surface area (Å²) in [6.45, 7) is 48.6. The van der Waals surface area contributed by atoms with E-state index in [4.69, 9.17) is 72.3 Å². The van der Waals surface area contributed by atoms with Gasteiger partial charge in [-0.05, 0) is 275 Å². The van der Waals surface area contributed by atoms with Crippen molar-refractivity contribution in [3.8, 4) is 0 Å². The Hall–Kier alpha value is -8.85. The average molecular weight is 2080 g/mol. The highest BCUT2D eigenvalue weighted by molar-refractivity contribution is 9.14. The van der Waals surface area contributed by atoms with Crippen LogP contribution < -0.4 is 112 Å². The fraction of sp³-hybridized carbons (Fsp3) is 0.798. The number of alkyl carbamates (subject to hydrolysis) is 8. The third kappa shape index (κ3) is 40.5. The Morgan fingerprint density at radius 1 is 0.263 bits per heavy atom. The van der Waals surface area contributed by atoms with Gasteiger partial charge in [0.1, 0.15) is 65.4 Å². The van der Waals surface area contributed by atoms with Crippen molar-refractivity contribution in [2.45, 2.75) is 341 Å². The highest BCUT2D eigenvalue weighted by Crippen LogP contribution is 2.42. The van der Waals surface area contributed by atoms with Crippen molar-refractivity contribution in [3.05, 3.63) is 13.7 Å². The molecule has 0 aromatic carbocycles. The number of piperidine rings is 7. The lowest BCUT2D eigenvalue weighted by atomic mass is 9.98. The van der Waals surface area contributed by atoms with Crippen molar-refractivity contribution in [2.75, 3.05) is 121 Å². The predicted octanol–water partition coefficient (Wildman–Crippen LogP) is 6.25. The summed E-state index contributed by atoms with van der Waals surface area (Å²) in [5.74, 6) is 1.97. The summed E-state index contributed by atoms with van der Waals surface area (Å²) >= 11 is 9.53. The molecular weight excluding hydrogens is 1920 g/mol. The summed E-state index contributed by atoms with van der Waals surface area (Å²) in [6, 6.07) is -4.11. The molecule has 0 radical (unpaired) electrons. The summed E-state index contributed by atoms with van der Waals surface area (Å²) in [5.41, 5.74) is 33.0. The second-order valence-corrected chi connectivity index (χ2v) is 45.1. The second kappa shape index (κ2) is 47.3. The zero-order valence-electron chi connectivity index (χ0n) is 81.8. The normalized spacial score (nSPS) is 24.5. The Morgan fingerprint density at radius 2 is 0.429 bits per heavy atom. The van der Waals surface area contributed by atoms with Gasteiger partial charge in [0.25, 0.3) is 0 Å². The van der Waals surface area contributed by atoms with Crippen molar-refractivity contribution >= 4 is 131 Å². The standard InChI is InChI=1S/C48H84N12O12.C18H36N12.C15H29N3O4.C3Br3N3/c1-43(2,3)67-37(61)49-28-19-29(50-38(62)68-44(4,5)6)23-58(22-28)34-35(59-24-30(51-39(63)69-45(7,8)9)20-31(25-59)52-40(64)70-46(10,11)12)55-57-56-36(34)60-26-32(53-41(65)71-47(13,14)15)21-33(27-60)54-42(66)72-48(16,17)18;19-10-1-11(20)5-28(4-10)16-17(29-6-12(21)2-13(22)7-29)25-27-26-18(16)30-8-14(23)3-15(24)9-30;1-14(2,3)21-12(19)17-10-7-11(9-16-8-10)18-13(20)22-15(4,5)6;4-1-2(5)7-9-8-3(1)6/h28-33H,19-27H2,1-18H3,(H,49,61)(H,50,62)(H,51,63)(H,52,64)(H,53,65)(H,54,66);10-15H,1-9,19-24H2;10-11,16H,7-9H2,1-6H3,(H,17,19)(H,18,20);. The molecule has 10 heterocycles. The summed E-state index contributed by atoms with van der Waals surface area (Å²) in [6.07, 6.45) is -1.11. The average Bonchev–Trinajstić information content (AvgIpc) is 0.735. The summed E-state index contributed by atoms with van der Waals surface area (Å²) < 4.78 is 46.5. The van der Waals surface area contributed by atoms with Gasteiger partial charge in [-0.25, -0.2) is 38.4 Å². The molecule has 46 nitrogen and oxygen atoms in total. The number of rotatable bonds is 14. The van der Waals surface area contributed by atoms with Crippen LogP contribution in [0.25, 0.3) is 0 Å². The number of nitrogens with one attached hydrogen (secondary N) is 9. The number of nitrogens with zero attached hydrogens (tertiary/aromatic N) is 15. The first-order chi connectivity index (χ1) is 61.2. The molecule has 10 rings (SSSR count). The molecular formula is C84H149Br3N30O16. The minimum absolute atomic E-state index is 0.0253. The molecule has 7 saturated heterocycles. The number of nitrogens with two attached hydrogens (primary N) is 6. The van der Waals surface area contributed by atoms with Gasteiger partial charge in [-0.1, -0.05) is 0 Å². The molecule has 0 aliphatic carbocycles. The molecule has 133 heavy (non-hydrogen) atoms. The van der Waals surface area contributed by atoms with Crippen LogP contribution in [0.1, 0.15) is 211 Å². The van der Waals surface area contributed by atoms with Crippen molar-refractivity contribution < 1.29 is 76.3 Å². The number of hydrogen-bond donors (Lipinski definition) is 15. The molecule has 7 aliphatic heterocycles. The summed E-state index contributed by atoms with van der Waals surface area (Å²) in [7, 11) is 0. The summed E-state index contributed by atoms with van der Waals surface area (Å²) in [4.78, 5) is 116. The molecule has 7 aliphatic rings. The van der Waals surface area contributed by atoms with Crippen LogP contribution in [0, 0.1) is 0 Å². The second-order valence-electron chi connectivity index (χ2n) is 42.8. The molecule has 3 aromatic heterocycles. The molecule has 14 unspecified atom stereocenters. The van der Waals surface area contributed by atoms with E-state index in [1.54, 1.807) is 125 Å². The van der Waals surface area contributed by atoms with E-state index in [0.717, 1.165) is 41.1 Å². The number of halogens is 3. The fourth-order valence-corrected chi connectivity index (χ4v) is 16.7. The van der Waals surface area contributed by atoms with Crippen LogP contribution in [0.4, 0.5) is 73.0 Å². The van der Waals surface area contributed by atoms with Gasteiger partial charge in [0.2, 0.25) is 0 Å². The first-order valence-electron chi connectivity index (χ1n) is 45.1. The maximum Gasteiger partial charge on any atom is 0.407 e. The SMILES string of the molecule is Brc1nnnc(Br)c1Br.CC(C)(C)OC(=O)NC1CC(NC(=O)OC(C)(C)C)CN(c2nnnc(N3CC(NC(=O)OC(C)(C)C)CC(NC(=O)OC(C)(C)C)C3)c2N2CC(NC(=O)OC(C)(C)C)CC(NC(=O)OC(C)(C)C)C2)C1.CC(C)(C)OC(=O)NC1CNCC(NC(=O)OC(C)(C)C)C1.NC1CC(N)CN(c2nnnc(N3CC(N)CC(N)C3)c2N2CC(N)CC(N)C2)C1. The Labute approximate surface area is 806 Å². The minimum atomic E-state index is -0.823. The van der Waals surface area contributed by atoms with Crippen LogP contribution >= 0.6 is 47.8 Å². The third-order valence-corrected chi connectivity index (χ3v) is 22.8. The Morgan fingerprint density at radius 3 is 0.632 bits per heavy atom. The Bertz CT molecular complexity index is 4010. The number of aromatic nitrogens is 9. The topological polar surface area (TPSA) is 610 Å². The molecule has 14 atom stereocenters. The molecule has 3 aromatic rings. The van der Waals surface area contributed by atoms with E-state index in [2.05, 4.69) is 157 Å². The van der Waals surface area contributed by atoms with Crippen LogP contribution in [0.15, 0.2) is 13.7 Å². The van der Waals surface area contributed by atoms with Gasteiger partial charge in [-0.15, -0.1) is 30.6 Å². The van der Waals surface area contributed by atoms with Gasteiger partial charge < -0.3 is 150 Å². The highest BCUT2D eigenvalue weighted by Gasteiger charge is 2.44. The summed E-state index contributed by atoms with van der Waals surface area (Å²) in [5, 5.41) is 63.9. The zero-order chi connectivity index (χ0) is 99.6. The van der Waals surface area contributed by atoms with Crippen LogP contribution in [0.2, 0.25) is 0 Å². The molecule has 49 heteroatoms. The lowest BCUT2D eigenvalue weighted by molar-refractivity contribution is 0.0447. The van der Waals surface area contributed by atoms with Crippen LogP contribution in [-0.4, -0.2) is 316 Å². The molecule has 0 spiro atoms. The predicted molar refractivity (Wildman–Crippen MR) is 514 cm³/mol. The smallest absolute Gasteiger partial charge is 0.407 e. The van der Waals surface area contributed by atoms with E-state index in [1.165, 1.54) is 0 Å². The van der Waals surface area contributed by atoms with E-state index in [-0.39, 0.29) is 119 Å². The van der Waals surface area contributed by atoms with E-state index >= 15 is 0 Å². The maximum atomic E-state index is 13.5. The van der Waals surface area contributed by atoms with E-state index < -0.39 is 130 Å². The highest BCUT2D eigenvalue weighted by atomic mass is 79.9. The van der Waals surface area contributed by atoms with E-state index in [0.29, 0.717) is 73.7 Å². The monoisotopic (exact) mass is 2070 g/mol. The number of carbonyl (C=O) groups is 8. The lowest BCUT2D eigenvalue weighted by Crippen LogP contribution is -2.60. The number of hydrogen-bond acceptors (Lipinski definition) is 38. The first kappa shape index (κ1) is 111.